The van der Waals surface area contributed by atoms with Gasteiger partial charge in [0, 0.05) is 6.54 Å². The highest BCUT2D eigenvalue weighted by Crippen LogP contribution is 2.36. The maximum atomic E-state index is 11.5. The van der Waals surface area contributed by atoms with Gasteiger partial charge in [-0.05, 0) is 30.5 Å². The lowest BCUT2D eigenvalue weighted by Crippen LogP contribution is -2.48. The van der Waals surface area contributed by atoms with Crippen LogP contribution in [-0.4, -0.2) is 29.8 Å². The van der Waals surface area contributed by atoms with Gasteiger partial charge in [-0.2, -0.15) is 0 Å². The fourth-order valence-electron chi connectivity index (χ4n) is 2.59. The van der Waals surface area contributed by atoms with E-state index in [1.165, 1.54) is 0 Å². The molecule has 0 bridgehead atoms. The van der Waals surface area contributed by atoms with Gasteiger partial charge in [0.2, 0.25) is 0 Å². The fourth-order valence-corrected chi connectivity index (χ4v) is 2.59. The van der Waals surface area contributed by atoms with E-state index in [-0.39, 0.29) is 6.10 Å². The zero-order chi connectivity index (χ0) is 14.7. The van der Waals surface area contributed by atoms with Crippen molar-refractivity contribution in [2.75, 3.05) is 11.4 Å². The van der Waals surface area contributed by atoms with Crippen LogP contribution in [-0.2, 0) is 11.3 Å². The van der Waals surface area contributed by atoms with Gasteiger partial charge in [0.25, 0.3) is 0 Å². The minimum Gasteiger partial charge on any atom is -0.486 e. The molecular formula is C15H22N2O3. The summed E-state index contributed by atoms with van der Waals surface area (Å²) >= 11 is 0. The minimum absolute atomic E-state index is 0.0175. The number of hydrogen-bond acceptors (Lipinski definition) is 4. The quantitative estimate of drug-likeness (QED) is 0.861. The number of rotatable bonds is 5. The van der Waals surface area contributed by atoms with Gasteiger partial charge in [-0.1, -0.05) is 19.9 Å². The molecule has 1 aliphatic rings. The monoisotopic (exact) mass is 278 g/mol. The molecule has 110 valence electrons. The number of nitrogens with two attached hydrogens (primary N) is 1. The molecule has 5 heteroatoms. The Hall–Kier alpha value is -1.75. The summed E-state index contributed by atoms with van der Waals surface area (Å²) in [5, 5.41) is 9.41. The molecule has 20 heavy (non-hydrogen) atoms. The summed E-state index contributed by atoms with van der Waals surface area (Å²) in [7, 11) is 0. The van der Waals surface area contributed by atoms with Crippen LogP contribution in [0.4, 0.5) is 5.69 Å². The molecule has 0 spiro atoms. The van der Waals surface area contributed by atoms with Gasteiger partial charge in [-0.25, -0.2) is 4.79 Å². The van der Waals surface area contributed by atoms with Gasteiger partial charge in [-0.15, -0.1) is 0 Å². The van der Waals surface area contributed by atoms with Crippen molar-refractivity contribution < 1.29 is 14.6 Å². The Morgan fingerprint density at radius 3 is 2.85 bits per heavy atom. The number of carbonyl (C=O) groups is 1. The molecular weight excluding hydrogens is 256 g/mol. The van der Waals surface area contributed by atoms with E-state index >= 15 is 0 Å². The Labute approximate surface area is 119 Å². The number of fused-ring (bicyclic) bond motifs is 1. The molecule has 1 aromatic rings. The van der Waals surface area contributed by atoms with Crippen molar-refractivity contribution in [3.05, 3.63) is 23.8 Å². The average molecular weight is 278 g/mol. The molecule has 3 N–H and O–H groups in total. The van der Waals surface area contributed by atoms with Crippen molar-refractivity contribution in [3.63, 3.8) is 0 Å². The highest BCUT2D eigenvalue weighted by atomic mass is 16.5. The van der Waals surface area contributed by atoms with E-state index in [1.54, 1.807) is 0 Å². The first kappa shape index (κ1) is 14.7. The molecule has 0 amide bonds. The number of nitrogens with zero attached hydrogens (tertiary/aromatic N) is 1. The Morgan fingerprint density at radius 1 is 1.55 bits per heavy atom. The van der Waals surface area contributed by atoms with Crippen molar-refractivity contribution in [1.82, 2.24) is 0 Å². The predicted molar refractivity (Wildman–Crippen MR) is 78.1 cm³/mol. The Balaban J connectivity index is 2.41. The van der Waals surface area contributed by atoms with Crippen LogP contribution in [0, 0.1) is 0 Å². The van der Waals surface area contributed by atoms with Crippen LogP contribution in [0.3, 0.4) is 0 Å². The Bertz CT molecular complexity index is 490. The lowest BCUT2D eigenvalue weighted by molar-refractivity contribution is -0.138. The average Bonchev–Trinajstić information content (AvgIpc) is 2.46. The van der Waals surface area contributed by atoms with Gasteiger partial charge in [0.05, 0.1) is 12.2 Å². The van der Waals surface area contributed by atoms with Gasteiger partial charge < -0.3 is 20.5 Å². The van der Waals surface area contributed by atoms with E-state index in [9.17, 15) is 9.90 Å². The molecule has 1 aromatic carbocycles. The minimum atomic E-state index is -0.793. The van der Waals surface area contributed by atoms with Gasteiger partial charge in [-0.3, -0.25) is 0 Å². The molecule has 0 saturated carbocycles. The standard InChI is InChI=1S/C15H22N2O3/c1-3-11-9-17(12(4-2)15(18)19)13-6-5-10(8-16)7-14(13)20-11/h5-7,11-12H,3-4,8-9,16H2,1-2H3,(H,18,19). The van der Waals surface area contributed by atoms with Gasteiger partial charge in [0.15, 0.2) is 0 Å². The highest BCUT2D eigenvalue weighted by Gasteiger charge is 2.32. The van der Waals surface area contributed by atoms with Gasteiger partial charge in [0.1, 0.15) is 17.9 Å². The second kappa shape index (κ2) is 6.13. The van der Waals surface area contributed by atoms with E-state index < -0.39 is 12.0 Å². The summed E-state index contributed by atoms with van der Waals surface area (Å²) in [6.07, 6.45) is 1.42. The number of carboxylic acid groups (broad SMARTS) is 1. The van der Waals surface area contributed by atoms with Crippen molar-refractivity contribution in [3.8, 4) is 5.75 Å². The first-order valence-electron chi connectivity index (χ1n) is 7.09. The third-order valence-electron chi connectivity index (χ3n) is 3.77. The maximum absolute atomic E-state index is 11.5. The van der Waals surface area contributed by atoms with Crippen LogP contribution in [0.1, 0.15) is 32.3 Å². The largest absolute Gasteiger partial charge is 0.486 e. The SMILES string of the molecule is CCC1CN(C(CC)C(=O)O)c2ccc(CN)cc2O1. The number of aliphatic carboxylic acids is 1. The molecule has 1 aliphatic heterocycles. The van der Waals surface area contributed by atoms with E-state index in [0.717, 1.165) is 23.4 Å². The molecule has 1 heterocycles. The summed E-state index contributed by atoms with van der Waals surface area (Å²) in [4.78, 5) is 13.4. The van der Waals surface area contributed by atoms with Crippen molar-refractivity contribution in [1.29, 1.82) is 0 Å². The molecule has 2 atom stereocenters. The van der Waals surface area contributed by atoms with Crippen LogP contribution >= 0.6 is 0 Å². The maximum Gasteiger partial charge on any atom is 0.326 e. The number of hydrogen-bond donors (Lipinski definition) is 2. The summed E-state index contributed by atoms with van der Waals surface area (Å²) in [6, 6.07) is 5.24. The van der Waals surface area contributed by atoms with Crippen LogP contribution in [0.15, 0.2) is 18.2 Å². The zero-order valence-corrected chi connectivity index (χ0v) is 12.0. The van der Waals surface area contributed by atoms with E-state index in [2.05, 4.69) is 0 Å². The third-order valence-corrected chi connectivity index (χ3v) is 3.77. The second-order valence-electron chi connectivity index (χ2n) is 5.07. The summed E-state index contributed by atoms with van der Waals surface area (Å²) in [5.74, 6) is -0.0520. The number of ether oxygens (including phenoxy) is 1. The molecule has 0 aliphatic carbocycles. The smallest absolute Gasteiger partial charge is 0.326 e. The van der Waals surface area contributed by atoms with Crippen LogP contribution in [0.25, 0.3) is 0 Å². The van der Waals surface area contributed by atoms with Crippen LogP contribution < -0.4 is 15.4 Å². The first-order valence-corrected chi connectivity index (χ1v) is 7.09. The van der Waals surface area contributed by atoms with Crippen molar-refractivity contribution >= 4 is 11.7 Å². The van der Waals surface area contributed by atoms with Crippen molar-refractivity contribution in [2.24, 2.45) is 5.73 Å². The van der Waals surface area contributed by atoms with Gasteiger partial charge >= 0.3 is 5.97 Å². The molecule has 0 saturated heterocycles. The van der Waals surface area contributed by atoms with E-state index in [0.29, 0.717) is 19.5 Å². The topological polar surface area (TPSA) is 75.8 Å². The normalized spacial score (nSPS) is 19.1. The Kier molecular flexibility index (Phi) is 4.49. The molecule has 0 radical (unpaired) electrons. The summed E-state index contributed by atoms with van der Waals surface area (Å²) in [5.41, 5.74) is 7.49. The lowest BCUT2D eigenvalue weighted by Gasteiger charge is -2.39. The molecule has 2 unspecified atom stereocenters. The summed E-state index contributed by atoms with van der Waals surface area (Å²) < 4.78 is 5.94. The molecule has 5 nitrogen and oxygen atoms in total. The first-order chi connectivity index (χ1) is 9.60. The number of anilines is 1. The van der Waals surface area contributed by atoms with E-state index in [4.69, 9.17) is 10.5 Å². The fraction of sp³-hybridized carbons (Fsp3) is 0.533. The number of benzene rings is 1. The summed E-state index contributed by atoms with van der Waals surface area (Å²) in [6.45, 7) is 4.99. The number of carboxylic acids is 1. The zero-order valence-electron chi connectivity index (χ0n) is 12.0. The Morgan fingerprint density at radius 2 is 2.30 bits per heavy atom. The highest BCUT2D eigenvalue weighted by molar-refractivity contribution is 5.79. The third kappa shape index (κ3) is 2.72. The van der Waals surface area contributed by atoms with Crippen LogP contribution in [0.2, 0.25) is 0 Å². The van der Waals surface area contributed by atoms with E-state index in [1.807, 2.05) is 36.9 Å². The molecule has 0 aromatic heterocycles. The molecule has 0 fully saturated rings. The predicted octanol–water partition coefficient (Wildman–Crippen LogP) is 1.99. The second-order valence-corrected chi connectivity index (χ2v) is 5.07. The van der Waals surface area contributed by atoms with Crippen LogP contribution in [0.5, 0.6) is 5.75 Å². The lowest BCUT2D eigenvalue weighted by atomic mass is 10.1. The molecule has 2 rings (SSSR count). The van der Waals surface area contributed by atoms with Crippen molar-refractivity contribution in [2.45, 2.75) is 45.4 Å².